The van der Waals surface area contributed by atoms with Crippen molar-refractivity contribution >= 4 is 21.7 Å². The fourth-order valence-electron chi connectivity index (χ4n) is 2.58. The fraction of sp³-hybridized carbons (Fsp3) is 0.100. The molecule has 7 nitrogen and oxygen atoms in total. The maximum Gasteiger partial charge on any atom is 0.238 e. The minimum absolute atomic E-state index is 0.0209. The smallest absolute Gasteiger partial charge is 0.238 e. The fourth-order valence-corrected chi connectivity index (χ4v) is 3.39. The van der Waals surface area contributed by atoms with E-state index in [1.54, 1.807) is 43.3 Å². The summed E-state index contributed by atoms with van der Waals surface area (Å²) in [5.74, 6) is 2.40. The second-order valence-corrected chi connectivity index (χ2v) is 7.59. The van der Waals surface area contributed by atoms with Crippen LogP contribution in [0.1, 0.15) is 5.56 Å². The number of ether oxygens (including phenoxy) is 1. The summed E-state index contributed by atoms with van der Waals surface area (Å²) in [6.45, 7) is 1.76. The van der Waals surface area contributed by atoms with Gasteiger partial charge in [0, 0.05) is 11.3 Å². The second-order valence-electron chi connectivity index (χ2n) is 6.06. The Morgan fingerprint density at radius 1 is 1.24 bits per heavy atom. The van der Waals surface area contributed by atoms with E-state index in [9.17, 15) is 12.8 Å². The lowest BCUT2D eigenvalue weighted by atomic mass is 10.1. The van der Waals surface area contributed by atoms with Gasteiger partial charge in [-0.1, -0.05) is 12.0 Å². The highest BCUT2D eigenvalue weighted by Gasteiger charge is 2.14. The van der Waals surface area contributed by atoms with Gasteiger partial charge in [0.1, 0.15) is 18.1 Å². The molecule has 0 radical (unpaired) electrons. The lowest BCUT2D eigenvalue weighted by Gasteiger charge is -2.10. The summed E-state index contributed by atoms with van der Waals surface area (Å²) in [5.41, 5.74) is 1.49. The highest BCUT2D eigenvalue weighted by atomic mass is 32.2. The monoisotopic (exact) mass is 412 g/mol. The van der Waals surface area contributed by atoms with E-state index in [-0.39, 0.29) is 23.1 Å². The molecular weight excluding hydrogens is 395 g/mol. The topological polar surface area (TPSA) is 107 Å². The van der Waals surface area contributed by atoms with Crippen LogP contribution >= 0.6 is 0 Å². The van der Waals surface area contributed by atoms with Gasteiger partial charge in [-0.25, -0.2) is 27.9 Å². The largest absolute Gasteiger partial charge is 0.481 e. The van der Waals surface area contributed by atoms with Crippen LogP contribution in [-0.4, -0.2) is 25.0 Å². The third-order valence-corrected chi connectivity index (χ3v) is 5.00. The molecule has 0 saturated heterocycles. The molecule has 0 aliphatic rings. The van der Waals surface area contributed by atoms with Crippen LogP contribution in [0.3, 0.4) is 0 Å². The molecule has 1 heterocycles. The van der Waals surface area contributed by atoms with Gasteiger partial charge in [0.2, 0.25) is 16.0 Å². The maximum absolute atomic E-state index is 14.3. The van der Waals surface area contributed by atoms with E-state index in [4.69, 9.17) is 16.3 Å². The molecule has 1 aromatic heterocycles. The van der Waals surface area contributed by atoms with Crippen LogP contribution in [0.5, 0.6) is 5.75 Å². The molecule has 3 aromatic rings. The molecule has 0 fully saturated rings. The van der Waals surface area contributed by atoms with E-state index >= 15 is 0 Å². The molecule has 0 aliphatic heterocycles. The number of hydrogen-bond acceptors (Lipinski definition) is 6. The van der Waals surface area contributed by atoms with Crippen molar-refractivity contribution in [3.05, 3.63) is 60.0 Å². The van der Waals surface area contributed by atoms with Crippen LogP contribution < -0.4 is 15.2 Å². The Labute approximate surface area is 167 Å². The van der Waals surface area contributed by atoms with Gasteiger partial charge < -0.3 is 10.1 Å². The highest BCUT2D eigenvalue weighted by Crippen LogP contribution is 2.26. The number of hydrogen-bond donors (Lipinski definition) is 2. The molecular formula is C20H17FN4O3S. The molecule has 0 unspecified atom stereocenters. The average molecular weight is 412 g/mol. The number of benzene rings is 2. The van der Waals surface area contributed by atoms with Crippen LogP contribution in [0.25, 0.3) is 11.3 Å². The van der Waals surface area contributed by atoms with Crippen molar-refractivity contribution in [3.8, 4) is 29.4 Å². The number of anilines is 2. The first kappa shape index (κ1) is 20.3. The summed E-state index contributed by atoms with van der Waals surface area (Å²) < 4.78 is 42.9. The number of terminal acetylenes is 1. The summed E-state index contributed by atoms with van der Waals surface area (Å²) in [7, 11) is -3.88. The summed E-state index contributed by atoms with van der Waals surface area (Å²) in [4.78, 5) is 8.08. The van der Waals surface area contributed by atoms with Gasteiger partial charge in [-0.2, -0.15) is 0 Å². The van der Waals surface area contributed by atoms with E-state index in [0.717, 1.165) is 6.20 Å². The van der Waals surface area contributed by atoms with Crippen LogP contribution in [0.2, 0.25) is 0 Å². The summed E-state index contributed by atoms with van der Waals surface area (Å²) in [5, 5.41) is 8.09. The Morgan fingerprint density at radius 3 is 2.62 bits per heavy atom. The van der Waals surface area contributed by atoms with Crippen LogP contribution in [0, 0.1) is 25.1 Å². The summed E-state index contributed by atoms with van der Waals surface area (Å²) in [6.07, 6.45) is 6.18. The zero-order chi connectivity index (χ0) is 21.0. The summed E-state index contributed by atoms with van der Waals surface area (Å²) >= 11 is 0. The lowest BCUT2D eigenvalue weighted by molar-refractivity contribution is 0.370. The van der Waals surface area contributed by atoms with Crippen molar-refractivity contribution in [2.24, 2.45) is 5.14 Å². The molecule has 0 bridgehead atoms. The average Bonchev–Trinajstić information content (AvgIpc) is 2.69. The minimum atomic E-state index is -3.88. The van der Waals surface area contributed by atoms with Crippen molar-refractivity contribution in [2.45, 2.75) is 11.8 Å². The second kappa shape index (κ2) is 8.26. The predicted octanol–water partition coefficient (Wildman–Crippen LogP) is 2.99. The van der Waals surface area contributed by atoms with Gasteiger partial charge in [0.25, 0.3) is 0 Å². The number of sulfonamides is 1. The van der Waals surface area contributed by atoms with E-state index in [1.165, 1.54) is 6.07 Å². The van der Waals surface area contributed by atoms with Crippen molar-refractivity contribution in [1.82, 2.24) is 9.97 Å². The molecule has 0 atom stereocenters. The first-order chi connectivity index (χ1) is 13.8. The zero-order valence-electron chi connectivity index (χ0n) is 15.4. The molecule has 29 heavy (non-hydrogen) atoms. The zero-order valence-corrected chi connectivity index (χ0v) is 16.2. The standard InChI is InChI=1S/C20H17FN4O3S/c1-3-10-28-16-8-5-14(6-9-16)19-17(21)12-23-20(25-19)24-15-7-4-13(2)18(11-15)29(22,26)27/h1,4-9,11-12H,10H2,2H3,(H2,22,26,27)(H,23,24,25). The van der Waals surface area contributed by atoms with Gasteiger partial charge >= 0.3 is 0 Å². The molecule has 9 heteroatoms. The number of aryl methyl sites for hydroxylation is 1. The number of aromatic nitrogens is 2. The molecule has 0 amide bonds. The first-order valence-electron chi connectivity index (χ1n) is 8.37. The molecule has 3 rings (SSSR count). The van der Waals surface area contributed by atoms with Gasteiger partial charge in [-0.3, -0.25) is 0 Å². The van der Waals surface area contributed by atoms with Crippen LogP contribution in [0.15, 0.2) is 53.6 Å². The van der Waals surface area contributed by atoms with E-state index < -0.39 is 15.8 Å². The van der Waals surface area contributed by atoms with Gasteiger partial charge in [0.05, 0.1) is 11.1 Å². The van der Waals surface area contributed by atoms with Crippen molar-refractivity contribution in [1.29, 1.82) is 0 Å². The van der Waals surface area contributed by atoms with Crippen LogP contribution in [-0.2, 0) is 10.0 Å². The Bertz CT molecular complexity index is 1190. The highest BCUT2D eigenvalue weighted by molar-refractivity contribution is 7.89. The number of halogens is 1. The van der Waals surface area contributed by atoms with Gasteiger partial charge in [-0.05, 0) is 48.9 Å². The van der Waals surface area contributed by atoms with E-state index in [0.29, 0.717) is 22.6 Å². The van der Waals surface area contributed by atoms with Crippen molar-refractivity contribution < 1.29 is 17.5 Å². The Morgan fingerprint density at radius 2 is 1.97 bits per heavy atom. The first-order valence-corrected chi connectivity index (χ1v) is 9.92. The van der Waals surface area contributed by atoms with Crippen LogP contribution in [0.4, 0.5) is 16.0 Å². The van der Waals surface area contributed by atoms with Crippen molar-refractivity contribution in [2.75, 3.05) is 11.9 Å². The van der Waals surface area contributed by atoms with Gasteiger partial charge in [-0.15, -0.1) is 6.42 Å². The number of primary sulfonamides is 1. The molecule has 0 aliphatic carbocycles. The quantitative estimate of drug-likeness (QED) is 0.603. The number of nitrogens with two attached hydrogens (primary N) is 1. The predicted molar refractivity (Wildman–Crippen MR) is 108 cm³/mol. The maximum atomic E-state index is 14.3. The Kier molecular flexibility index (Phi) is 5.77. The van der Waals surface area contributed by atoms with E-state index in [2.05, 4.69) is 21.2 Å². The molecule has 3 N–H and O–H groups in total. The minimum Gasteiger partial charge on any atom is -0.481 e. The Hall–Kier alpha value is -3.48. The molecule has 2 aromatic carbocycles. The van der Waals surface area contributed by atoms with Gasteiger partial charge in [0.15, 0.2) is 5.82 Å². The molecule has 0 saturated carbocycles. The molecule has 148 valence electrons. The number of rotatable bonds is 6. The Balaban J connectivity index is 1.89. The normalized spacial score (nSPS) is 11.0. The summed E-state index contributed by atoms with van der Waals surface area (Å²) in [6, 6.07) is 11.2. The number of nitrogens with one attached hydrogen (secondary N) is 1. The lowest BCUT2D eigenvalue weighted by Crippen LogP contribution is -2.14. The number of nitrogens with zero attached hydrogens (tertiary/aromatic N) is 2. The third-order valence-electron chi connectivity index (χ3n) is 3.94. The third kappa shape index (κ3) is 4.87. The SMILES string of the molecule is C#CCOc1ccc(-c2nc(Nc3ccc(C)c(S(N)(=O)=O)c3)ncc2F)cc1. The van der Waals surface area contributed by atoms with Crippen molar-refractivity contribution in [3.63, 3.8) is 0 Å². The van der Waals surface area contributed by atoms with E-state index in [1.807, 2.05) is 0 Å². The molecule has 0 spiro atoms.